The van der Waals surface area contributed by atoms with E-state index in [1.807, 2.05) is 29.2 Å². The van der Waals surface area contributed by atoms with Gasteiger partial charge in [-0.1, -0.05) is 83.1 Å². The second-order valence-electron chi connectivity index (χ2n) is 9.88. The Morgan fingerprint density at radius 3 is 2.16 bits per heavy atom. The van der Waals surface area contributed by atoms with Crippen molar-refractivity contribution in [3.8, 4) is 0 Å². The topological polar surface area (TPSA) is 32.3 Å². The molecule has 0 radical (unpaired) electrons. The second-order valence-corrected chi connectivity index (χ2v) is 9.88. The highest BCUT2D eigenvalue weighted by Crippen LogP contribution is 2.44. The Labute approximate surface area is 192 Å². The van der Waals surface area contributed by atoms with Crippen molar-refractivity contribution in [1.82, 2.24) is 0 Å². The Morgan fingerprint density at radius 1 is 0.906 bits per heavy atom. The van der Waals surface area contributed by atoms with E-state index in [9.17, 15) is 4.79 Å². The Hall–Kier alpha value is -3.07. The van der Waals surface area contributed by atoms with Gasteiger partial charge < -0.3 is 10.2 Å². The molecule has 4 rings (SSSR count). The first kappa shape index (κ1) is 22.1. The van der Waals surface area contributed by atoms with Gasteiger partial charge in [0.25, 0.3) is 5.91 Å². The number of nitrogens with one attached hydrogen (secondary N) is 1. The van der Waals surface area contributed by atoms with Crippen molar-refractivity contribution in [3.05, 3.63) is 95.6 Å². The lowest BCUT2D eigenvalue weighted by Gasteiger charge is -2.45. The number of amides is 1. The van der Waals surface area contributed by atoms with Crippen LogP contribution in [0.2, 0.25) is 0 Å². The van der Waals surface area contributed by atoms with Gasteiger partial charge in [0.2, 0.25) is 0 Å². The van der Waals surface area contributed by atoms with E-state index in [2.05, 4.69) is 94.5 Å². The van der Waals surface area contributed by atoms with Crippen molar-refractivity contribution in [1.29, 1.82) is 0 Å². The SMILES string of the molecule is CC[C@@H]1[C@@H](C)[C@H](Nc2ccccc2)c2ccccc2N1C(=O)c1ccc(C(C)(C)C)cc1. The molecule has 0 bridgehead atoms. The van der Waals surface area contributed by atoms with Gasteiger partial charge in [-0.3, -0.25) is 4.79 Å². The molecule has 3 aromatic carbocycles. The second kappa shape index (κ2) is 8.82. The van der Waals surface area contributed by atoms with Crippen LogP contribution in [0.15, 0.2) is 78.9 Å². The van der Waals surface area contributed by atoms with Crippen LogP contribution in [0.4, 0.5) is 11.4 Å². The minimum absolute atomic E-state index is 0.0656. The molecule has 1 heterocycles. The van der Waals surface area contributed by atoms with Gasteiger partial charge in [0.15, 0.2) is 0 Å². The average Bonchev–Trinajstić information content (AvgIpc) is 2.80. The van der Waals surface area contributed by atoms with Crippen molar-refractivity contribution >= 4 is 17.3 Å². The first-order chi connectivity index (χ1) is 15.3. The zero-order valence-electron chi connectivity index (χ0n) is 19.8. The predicted octanol–water partition coefficient (Wildman–Crippen LogP) is 7.21. The Bertz CT molecular complexity index is 1070. The first-order valence-corrected chi connectivity index (χ1v) is 11.7. The van der Waals surface area contributed by atoms with Crippen molar-refractivity contribution < 1.29 is 4.79 Å². The lowest BCUT2D eigenvalue weighted by Crippen LogP contribution is -2.50. The average molecular weight is 427 g/mol. The summed E-state index contributed by atoms with van der Waals surface area (Å²) in [7, 11) is 0. The van der Waals surface area contributed by atoms with Crippen molar-refractivity contribution in [2.24, 2.45) is 5.92 Å². The van der Waals surface area contributed by atoms with Crippen molar-refractivity contribution in [2.45, 2.75) is 58.5 Å². The number of nitrogens with zero attached hydrogens (tertiary/aromatic N) is 1. The summed E-state index contributed by atoms with van der Waals surface area (Å²) in [6.45, 7) is 11.0. The summed E-state index contributed by atoms with van der Waals surface area (Å²) in [4.78, 5) is 15.8. The molecule has 1 N–H and O–H groups in total. The highest BCUT2D eigenvalue weighted by Gasteiger charge is 2.40. The van der Waals surface area contributed by atoms with Gasteiger partial charge in [-0.25, -0.2) is 0 Å². The van der Waals surface area contributed by atoms with Crippen LogP contribution in [-0.4, -0.2) is 11.9 Å². The molecule has 1 aliphatic heterocycles. The van der Waals surface area contributed by atoms with Crippen LogP contribution in [-0.2, 0) is 5.41 Å². The number of fused-ring (bicyclic) bond motifs is 1. The van der Waals surface area contributed by atoms with Gasteiger partial charge in [0, 0.05) is 28.9 Å². The van der Waals surface area contributed by atoms with Crippen LogP contribution in [0.3, 0.4) is 0 Å². The third kappa shape index (κ3) is 4.17. The summed E-state index contributed by atoms with van der Waals surface area (Å²) < 4.78 is 0. The lowest BCUT2D eigenvalue weighted by molar-refractivity contribution is 0.0960. The molecule has 0 spiro atoms. The largest absolute Gasteiger partial charge is 0.378 e. The van der Waals surface area contributed by atoms with Crippen LogP contribution in [0.1, 0.15) is 68.6 Å². The van der Waals surface area contributed by atoms with Gasteiger partial charge in [0.1, 0.15) is 0 Å². The van der Waals surface area contributed by atoms with Gasteiger partial charge >= 0.3 is 0 Å². The van der Waals surface area contributed by atoms with E-state index in [1.165, 1.54) is 11.1 Å². The van der Waals surface area contributed by atoms with Gasteiger partial charge in [-0.2, -0.15) is 0 Å². The summed E-state index contributed by atoms with van der Waals surface area (Å²) in [5, 5.41) is 3.74. The van der Waals surface area contributed by atoms with E-state index >= 15 is 0 Å². The highest BCUT2D eigenvalue weighted by atomic mass is 16.2. The van der Waals surface area contributed by atoms with Crippen LogP contribution < -0.4 is 10.2 Å². The fourth-order valence-corrected chi connectivity index (χ4v) is 4.88. The molecule has 0 saturated carbocycles. The third-order valence-electron chi connectivity index (χ3n) is 6.73. The molecule has 1 amide bonds. The monoisotopic (exact) mass is 426 g/mol. The van der Waals surface area contributed by atoms with E-state index < -0.39 is 0 Å². The molecular weight excluding hydrogens is 392 g/mol. The van der Waals surface area contributed by atoms with E-state index in [0.29, 0.717) is 0 Å². The normalized spacial score (nSPS) is 20.5. The summed E-state index contributed by atoms with van der Waals surface area (Å²) in [6, 6.07) is 27.1. The molecule has 0 saturated heterocycles. The minimum atomic E-state index is 0.0656. The highest BCUT2D eigenvalue weighted by molar-refractivity contribution is 6.07. The Kier molecular flexibility index (Phi) is 6.10. The predicted molar refractivity (Wildman–Crippen MR) is 134 cm³/mol. The van der Waals surface area contributed by atoms with Gasteiger partial charge in [-0.05, 0) is 53.3 Å². The standard InChI is InChI=1S/C29H34N2O/c1-6-25-20(2)27(30-23-12-8-7-9-13-23)24-14-10-11-15-26(24)31(25)28(32)21-16-18-22(19-17-21)29(3,4)5/h7-20,25,27,30H,6H2,1-5H3/t20-,25-,27+/m1/s1. The molecule has 0 fully saturated rings. The molecule has 166 valence electrons. The number of hydrogen-bond donors (Lipinski definition) is 1. The number of para-hydroxylation sites is 2. The summed E-state index contributed by atoms with van der Waals surface area (Å²) in [5.74, 6) is 0.336. The first-order valence-electron chi connectivity index (χ1n) is 11.7. The summed E-state index contributed by atoms with van der Waals surface area (Å²) in [6.07, 6.45) is 0.897. The maximum absolute atomic E-state index is 13.8. The Morgan fingerprint density at radius 2 is 1.53 bits per heavy atom. The van der Waals surface area contributed by atoms with E-state index in [1.54, 1.807) is 0 Å². The zero-order valence-corrected chi connectivity index (χ0v) is 19.8. The third-order valence-corrected chi connectivity index (χ3v) is 6.73. The van der Waals surface area contributed by atoms with Crippen LogP contribution in [0.25, 0.3) is 0 Å². The number of carbonyl (C=O) groups is 1. The molecule has 0 aromatic heterocycles. The van der Waals surface area contributed by atoms with Gasteiger partial charge in [0.05, 0.1) is 6.04 Å². The number of anilines is 2. The molecule has 1 aliphatic rings. The minimum Gasteiger partial charge on any atom is -0.378 e. The lowest BCUT2D eigenvalue weighted by atomic mass is 9.80. The van der Waals surface area contributed by atoms with Crippen LogP contribution in [0.5, 0.6) is 0 Å². The molecule has 3 heteroatoms. The van der Waals surface area contributed by atoms with Gasteiger partial charge in [-0.15, -0.1) is 0 Å². The molecule has 3 aromatic rings. The van der Waals surface area contributed by atoms with E-state index in [0.717, 1.165) is 23.4 Å². The molecular formula is C29H34N2O. The van der Waals surface area contributed by atoms with Crippen LogP contribution >= 0.6 is 0 Å². The number of hydrogen-bond acceptors (Lipinski definition) is 2. The van der Waals surface area contributed by atoms with Crippen molar-refractivity contribution in [2.75, 3.05) is 10.2 Å². The fraction of sp³-hybridized carbons (Fsp3) is 0.345. The Balaban J connectivity index is 1.73. The summed E-state index contributed by atoms with van der Waals surface area (Å²) in [5.41, 5.74) is 5.33. The quantitative estimate of drug-likeness (QED) is 0.478. The molecule has 3 nitrogen and oxygen atoms in total. The smallest absolute Gasteiger partial charge is 0.258 e. The molecule has 0 unspecified atom stereocenters. The summed E-state index contributed by atoms with van der Waals surface area (Å²) >= 11 is 0. The molecule has 32 heavy (non-hydrogen) atoms. The van der Waals surface area contributed by atoms with Crippen LogP contribution in [0, 0.1) is 5.92 Å². The zero-order chi connectivity index (χ0) is 22.9. The maximum atomic E-state index is 13.8. The maximum Gasteiger partial charge on any atom is 0.258 e. The fourth-order valence-electron chi connectivity index (χ4n) is 4.88. The molecule has 0 aliphatic carbocycles. The van der Waals surface area contributed by atoms with E-state index in [4.69, 9.17) is 0 Å². The molecule has 3 atom stereocenters. The van der Waals surface area contributed by atoms with Crippen molar-refractivity contribution in [3.63, 3.8) is 0 Å². The number of carbonyl (C=O) groups excluding carboxylic acids is 1. The number of rotatable bonds is 4. The number of benzene rings is 3. The van der Waals surface area contributed by atoms with E-state index in [-0.39, 0.29) is 29.3 Å².